The number of rotatable bonds is 1. The lowest BCUT2D eigenvalue weighted by Gasteiger charge is -2.58. The largest absolute Gasteiger partial charge is 0.396 e. The Morgan fingerprint density at radius 3 is 3.05 bits per heavy atom. The van der Waals surface area contributed by atoms with E-state index in [0.29, 0.717) is 30.5 Å². The molecule has 2 aromatic rings. The standard InChI is InChI=1S/C19H22N2O/c1-2-11-9-21-17-8-14-12-5-3-4-6-16(12)20-19(14)18(21)7-13(11)15(17)10-22/h2-6,13,15,17-18,20,22H,7-10H2,1H3/b11-2+/t13-,15+,17+,18+/m1/s1. The summed E-state index contributed by atoms with van der Waals surface area (Å²) < 4.78 is 0. The SMILES string of the molecule is C/C=C1\CN2[C@H]3C[C@H]1[C@H](CO)[C@@H]2Cc1c3[nH]c2ccccc12. The Morgan fingerprint density at radius 1 is 1.36 bits per heavy atom. The zero-order valence-electron chi connectivity index (χ0n) is 12.9. The number of para-hydroxylation sites is 1. The van der Waals surface area contributed by atoms with Gasteiger partial charge in [0.05, 0.1) is 6.04 Å². The first-order valence-electron chi connectivity index (χ1n) is 8.43. The Balaban J connectivity index is 1.69. The summed E-state index contributed by atoms with van der Waals surface area (Å²) in [5.41, 5.74) is 5.74. The molecule has 0 saturated carbocycles. The van der Waals surface area contributed by atoms with E-state index in [2.05, 4.69) is 47.1 Å². The van der Waals surface area contributed by atoms with E-state index in [1.807, 2.05) is 0 Å². The molecule has 3 nitrogen and oxygen atoms in total. The number of H-pyrrole nitrogens is 1. The molecule has 5 atom stereocenters. The fourth-order valence-electron chi connectivity index (χ4n) is 5.32. The van der Waals surface area contributed by atoms with Gasteiger partial charge in [-0.3, -0.25) is 4.90 Å². The van der Waals surface area contributed by atoms with Crippen LogP contribution in [0, 0.1) is 11.8 Å². The van der Waals surface area contributed by atoms with Gasteiger partial charge in [0, 0.05) is 41.7 Å². The number of allylic oxidation sites excluding steroid dienone is 1. The Kier molecular flexibility index (Phi) is 2.62. The second-order valence-corrected chi connectivity index (χ2v) is 7.07. The molecule has 0 spiro atoms. The van der Waals surface area contributed by atoms with Crippen LogP contribution in [-0.2, 0) is 6.42 Å². The van der Waals surface area contributed by atoms with Crippen molar-refractivity contribution in [1.29, 1.82) is 0 Å². The Labute approximate surface area is 130 Å². The van der Waals surface area contributed by atoms with Crippen LogP contribution in [0.3, 0.4) is 0 Å². The van der Waals surface area contributed by atoms with Gasteiger partial charge >= 0.3 is 0 Å². The quantitative estimate of drug-likeness (QED) is 0.794. The molecule has 22 heavy (non-hydrogen) atoms. The van der Waals surface area contributed by atoms with Crippen molar-refractivity contribution in [2.24, 2.45) is 11.8 Å². The number of hydrogen-bond acceptors (Lipinski definition) is 2. The van der Waals surface area contributed by atoms with Gasteiger partial charge in [-0.15, -0.1) is 0 Å². The van der Waals surface area contributed by atoms with E-state index in [1.54, 1.807) is 0 Å². The molecular weight excluding hydrogens is 272 g/mol. The van der Waals surface area contributed by atoms with Crippen molar-refractivity contribution in [1.82, 2.24) is 9.88 Å². The molecule has 1 aromatic carbocycles. The van der Waals surface area contributed by atoms with E-state index in [1.165, 1.54) is 27.7 Å². The third-order valence-corrected chi connectivity index (χ3v) is 6.33. The van der Waals surface area contributed by atoms with Gasteiger partial charge in [0.2, 0.25) is 0 Å². The molecule has 0 radical (unpaired) electrons. The van der Waals surface area contributed by atoms with E-state index >= 15 is 0 Å². The minimum atomic E-state index is 0.313. The highest BCUT2D eigenvalue weighted by molar-refractivity contribution is 5.85. The van der Waals surface area contributed by atoms with Crippen LogP contribution in [0.2, 0.25) is 0 Å². The Hall–Kier alpha value is -1.58. The molecule has 1 aromatic heterocycles. The van der Waals surface area contributed by atoms with Crippen LogP contribution in [0.1, 0.15) is 30.6 Å². The van der Waals surface area contributed by atoms with Crippen LogP contribution in [0.25, 0.3) is 10.9 Å². The highest BCUT2D eigenvalue weighted by atomic mass is 16.3. The van der Waals surface area contributed by atoms with Crippen molar-refractivity contribution in [2.45, 2.75) is 31.8 Å². The molecule has 6 rings (SSSR count). The normalized spacial score (nSPS) is 37.7. The van der Waals surface area contributed by atoms with Crippen LogP contribution in [-0.4, -0.2) is 34.2 Å². The number of fused-ring (bicyclic) bond motifs is 4. The molecule has 4 aliphatic rings. The highest BCUT2D eigenvalue weighted by Gasteiger charge is 2.52. The molecule has 0 amide bonds. The zero-order valence-corrected chi connectivity index (χ0v) is 12.9. The fourth-order valence-corrected chi connectivity index (χ4v) is 5.32. The minimum absolute atomic E-state index is 0.313. The maximum Gasteiger partial charge on any atom is 0.0514 e. The van der Waals surface area contributed by atoms with Gasteiger partial charge in [-0.1, -0.05) is 29.8 Å². The van der Waals surface area contributed by atoms with E-state index in [9.17, 15) is 5.11 Å². The number of nitrogens with zero attached hydrogens (tertiary/aromatic N) is 1. The first-order chi connectivity index (χ1) is 10.8. The van der Waals surface area contributed by atoms with Crippen LogP contribution in [0.15, 0.2) is 35.9 Å². The van der Waals surface area contributed by atoms with Crippen LogP contribution >= 0.6 is 0 Å². The summed E-state index contributed by atoms with van der Waals surface area (Å²) in [6.45, 7) is 3.55. The van der Waals surface area contributed by atoms with E-state index < -0.39 is 0 Å². The molecule has 2 N–H and O–H groups in total. The summed E-state index contributed by atoms with van der Waals surface area (Å²) in [7, 11) is 0. The molecule has 0 aliphatic carbocycles. The lowest BCUT2D eigenvalue weighted by Crippen LogP contribution is -2.60. The molecule has 4 bridgehead atoms. The molecule has 3 saturated heterocycles. The van der Waals surface area contributed by atoms with Gasteiger partial charge in [-0.25, -0.2) is 0 Å². The number of aromatic nitrogens is 1. The van der Waals surface area contributed by atoms with Crippen molar-refractivity contribution in [3.05, 3.63) is 47.2 Å². The molecule has 4 aliphatic heterocycles. The topological polar surface area (TPSA) is 39.3 Å². The van der Waals surface area contributed by atoms with Crippen molar-refractivity contribution in [2.75, 3.05) is 13.2 Å². The zero-order chi connectivity index (χ0) is 14.8. The van der Waals surface area contributed by atoms with Crippen molar-refractivity contribution in [3.63, 3.8) is 0 Å². The number of aliphatic hydroxyl groups is 1. The monoisotopic (exact) mass is 294 g/mol. The van der Waals surface area contributed by atoms with E-state index in [-0.39, 0.29) is 0 Å². The number of benzene rings is 1. The lowest BCUT2D eigenvalue weighted by atomic mass is 9.64. The lowest BCUT2D eigenvalue weighted by molar-refractivity contribution is -0.0503. The van der Waals surface area contributed by atoms with Crippen LogP contribution in [0.5, 0.6) is 0 Å². The molecule has 114 valence electrons. The average Bonchev–Trinajstić information content (AvgIpc) is 2.93. The van der Waals surface area contributed by atoms with E-state index in [0.717, 1.165) is 19.4 Å². The number of aliphatic hydroxyl groups excluding tert-OH is 1. The van der Waals surface area contributed by atoms with Crippen LogP contribution < -0.4 is 0 Å². The Bertz CT molecular complexity index is 775. The fraction of sp³-hybridized carbons (Fsp3) is 0.474. The minimum Gasteiger partial charge on any atom is -0.396 e. The maximum atomic E-state index is 9.99. The number of piperidine rings is 3. The molecular formula is C19H22N2O. The van der Waals surface area contributed by atoms with Gasteiger partial charge in [0.25, 0.3) is 0 Å². The molecule has 5 heterocycles. The second-order valence-electron chi connectivity index (χ2n) is 7.07. The third kappa shape index (κ3) is 1.48. The predicted molar refractivity (Wildman–Crippen MR) is 87.7 cm³/mol. The summed E-state index contributed by atoms with van der Waals surface area (Å²) in [6, 6.07) is 9.68. The summed E-state index contributed by atoms with van der Waals surface area (Å²) in [6.07, 6.45) is 4.51. The van der Waals surface area contributed by atoms with Gasteiger partial charge < -0.3 is 10.1 Å². The first-order valence-corrected chi connectivity index (χ1v) is 8.43. The second kappa shape index (κ2) is 4.46. The number of aromatic amines is 1. The average molecular weight is 294 g/mol. The maximum absolute atomic E-state index is 9.99. The van der Waals surface area contributed by atoms with Crippen molar-refractivity contribution < 1.29 is 5.11 Å². The van der Waals surface area contributed by atoms with Gasteiger partial charge in [-0.05, 0) is 37.3 Å². The smallest absolute Gasteiger partial charge is 0.0514 e. The molecule has 1 unspecified atom stereocenters. The van der Waals surface area contributed by atoms with E-state index in [4.69, 9.17) is 0 Å². The van der Waals surface area contributed by atoms with Gasteiger partial charge in [-0.2, -0.15) is 0 Å². The summed E-state index contributed by atoms with van der Waals surface area (Å²) in [4.78, 5) is 6.35. The summed E-state index contributed by atoms with van der Waals surface area (Å²) in [5, 5.41) is 11.4. The third-order valence-electron chi connectivity index (χ3n) is 6.33. The highest BCUT2D eigenvalue weighted by Crippen LogP contribution is 2.53. The molecule has 3 fully saturated rings. The predicted octanol–water partition coefficient (Wildman–Crippen LogP) is 3.02. The van der Waals surface area contributed by atoms with Crippen molar-refractivity contribution in [3.8, 4) is 0 Å². The van der Waals surface area contributed by atoms with Crippen molar-refractivity contribution >= 4 is 10.9 Å². The van der Waals surface area contributed by atoms with Gasteiger partial charge in [0.1, 0.15) is 0 Å². The van der Waals surface area contributed by atoms with Crippen LogP contribution in [0.4, 0.5) is 0 Å². The number of hydrogen-bond donors (Lipinski definition) is 2. The molecule has 3 heteroatoms. The number of nitrogens with one attached hydrogen (secondary N) is 1. The summed E-state index contributed by atoms with van der Waals surface area (Å²) in [5.74, 6) is 0.965. The first kappa shape index (κ1) is 12.9. The summed E-state index contributed by atoms with van der Waals surface area (Å²) >= 11 is 0. The Morgan fingerprint density at radius 2 is 2.23 bits per heavy atom. The van der Waals surface area contributed by atoms with Gasteiger partial charge in [0.15, 0.2) is 0 Å².